The molecule has 1 unspecified atom stereocenters. The van der Waals surface area contributed by atoms with Crippen molar-refractivity contribution in [3.8, 4) is 0 Å². The molecule has 0 fully saturated rings. The van der Waals surface area contributed by atoms with E-state index in [1.807, 2.05) is 19.1 Å². The summed E-state index contributed by atoms with van der Waals surface area (Å²) in [5, 5.41) is 11.5. The third-order valence-corrected chi connectivity index (χ3v) is 2.78. The molecule has 2 aromatic rings. The molecule has 0 radical (unpaired) electrons. The Morgan fingerprint density at radius 2 is 2.21 bits per heavy atom. The normalized spacial score (nSPS) is 12.3. The lowest BCUT2D eigenvalue weighted by Crippen LogP contribution is -2.27. The van der Waals surface area contributed by atoms with Gasteiger partial charge in [-0.05, 0) is 24.6 Å². The lowest BCUT2D eigenvalue weighted by atomic mass is 10.0. The van der Waals surface area contributed by atoms with Crippen molar-refractivity contribution in [3.05, 3.63) is 29.6 Å². The van der Waals surface area contributed by atoms with Crippen molar-refractivity contribution in [2.24, 2.45) is 0 Å². The molecule has 0 spiro atoms. The van der Waals surface area contributed by atoms with Crippen LogP contribution in [0.1, 0.15) is 30.8 Å². The number of amides is 1. The van der Waals surface area contributed by atoms with Crippen molar-refractivity contribution in [3.63, 3.8) is 0 Å². The molecule has 19 heavy (non-hydrogen) atoms. The molecular weight excluding hydrogens is 246 g/mol. The summed E-state index contributed by atoms with van der Waals surface area (Å²) in [6.45, 7) is 3.22. The Morgan fingerprint density at radius 1 is 1.47 bits per heavy atom. The highest BCUT2D eigenvalue weighted by molar-refractivity contribution is 5.78. The molecule has 6 heteroatoms. The molecule has 0 aliphatic carbocycles. The predicted octanol–water partition coefficient (Wildman–Crippen LogP) is 1.52. The minimum Gasteiger partial charge on any atom is -0.481 e. The van der Waals surface area contributed by atoms with Gasteiger partial charge in [0.15, 0.2) is 0 Å². The first-order valence-corrected chi connectivity index (χ1v) is 5.91. The molecule has 1 aromatic carbocycles. The maximum Gasteiger partial charge on any atom is 0.305 e. The lowest BCUT2D eigenvalue weighted by Gasteiger charge is -2.16. The quantitative estimate of drug-likeness (QED) is 0.777. The van der Waals surface area contributed by atoms with Gasteiger partial charge in [0.2, 0.25) is 5.91 Å². The summed E-state index contributed by atoms with van der Waals surface area (Å²) >= 11 is 0. The number of carbonyl (C=O) groups excluding carboxylic acids is 1. The van der Waals surface area contributed by atoms with Crippen LogP contribution in [0.5, 0.6) is 0 Å². The van der Waals surface area contributed by atoms with Crippen LogP contribution in [0.3, 0.4) is 0 Å². The number of carboxylic acids is 1. The van der Waals surface area contributed by atoms with Crippen LogP contribution < -0.4 is 5.32 Å². The number of imidazole rings is 1. The van der Waals surface area contributed by atoms with Gasteiger partial charge in [0.1, 0.15) is 5.82 Å². The van der Waals surface area contributed by atoms with Gasteiger partial charge in [-0.15, -0.1) is 0 Å². The second-order valence-electron chi connectivity index (χ2n) is 4.45. The van der Waals surface area contributed by atoms with Gasteiger partial charge < -0.3 is 15.4 Å². The summed E-state index contributed by atoms with van der Waals surface area (Å²) in [5.74, 6) is -0.423. The van der Waals surface area contributed by atoms with Crippen LogP contribution in [0.4, 0.5) is 0 Å². The number of hydrogen-bond donors (Lipinski definition) is 3. The zero-order valence-electron chi connectivity index (χ0n) is 10.7. The number of benzene rings is 1. The van der Waals surface area contributed by atoms with Crippen molar-refractivity contribution in [2.75, 3.05) is 0 Å². The number of nitrogens with zero attached hydrogens (tertiary/aromatic N) is 1. The van der Waals surface area contributed by atoms with E-state index in [0.29, 0.717) is 0 Å². The molecule has 0 saturated carbocycles. The number of aromatic amines is 1. The molecular formula is C13H15N3O3. The zero-order chi connectivity index (χ0) is 14.0. The van der Waals surface area contributed by atoms with Crippen molar-refractivity contribution >= 4 is 22.9 Å². The first-order valence-electron chi connectivity index (χ1n) is 5.91. The highest BCUT2D eigenvalue weighted by Crippen LogP contribution is 2.21. The van der Waals surface area contributed by atoms with Crippen LogP contribution >= 0.6 is 0 Å². The van der Waals surface area contributed by atoms with E-state index in [-0.39, 0.29) is 12.3 Å². The van der Waals surface area contributed by atoms with Gasteiger partial charge in [-0.1, -0.05) is 6.07 Å². The Labute approximate surface area is 109 Å². The molecule has 3 N–H and O–H groups in total. The molecule has 0 bridgehead atoms. The lowest BCUT2D eigenvalue weighted by molar-refractivity contribution is -0.137. The minimum absolute atomic E-state index is 0.155. The van der Waals surface area contributed by atoms with Crippen molar-refractivity contribution < 1.29 is 14.7 Å². The van der Waals surface area contributed by atoms with Gasteiger partial charge in [0.05, 0.1) is 23.5 Å². The smallest absolute Gasteiger partial charge is 0.305 e. The van der Waals surface area contributed by atoms with Gasteiger partial charge in [0, 0.05) is 6.92 Å². The summed E-state index contributed by atoms with van der Waals surface area (Å²) in [4.78, 5) is 29.4. The van der Waals surface area contributed by atoms with Gasteiger partial charge in [0.25, 0.3) is 0 Å². The standard InChI is InChI=1S/C13H15N3O3/c1-7-14-10-4-3-9(5-12(10)15-7)11(6-13(18)19)16-8(2)17/h3-5,11H,6H2,1-2H3,(H,14,15)(H,16,17)(H,18,19). The predicted molar refractivity (Wildman–Crippen MR) is 69.6 cm³/mol. The van der Waals surface area contributed by atoms with Crippen LogP contribution in [0, 0.1) is 6.92 Å². The minimum atomic E-state index is -0.959. The summed E-state index contributed by atoms with van der Waals surface area (Å²) in [6, 6.07) is 4.87. The fourth-order valence-electron chi connectivity index (χ4n) is 2.04. The SMILES string of the molecule is CC(=O)NC(CC(=O)O)c1ccc2nc(C)[nH]c2c1. The Balaban J connectivity index is 2.36. The Hall–Kier alpha value is -2.37. The van der Waals surface area contributed by atoms with Crippen molar-refractivity contribution in [2.45, 2.75) is 26.3 Å². The van der Waals surface area contributed by atoms with Crippen molar-refractivity contribution in [1.29, 1.82) is 0 Å². The highest BCUT2D eigenvalue weighted by atomic mass is 16.4. The molecule has 6 nitrogen and oxygen atoms in total. The molecule has 1 aromatic heterocycles. The first-order chi connectivity index (χ1) is 8.95. The summed E-state index contributed by atoms with van der Waals surface area (Å²) in [5.41, 5.74) is 2.39. The average molecular weight is 261 g/mol. The molecule has 1 heterocycles. The Bertz CT molecular complexity index is 617. The van der Waals surface area contributed by atoms with Crippen LogP contribution in [-0.2, 0) is 9.59 Å². The number of hydrogen-bond acceptors (Lipinski definition) is 3. The number of aromatic nitrogens is 2. The first kappa shape index (κ1) is 13.1. The number of carbonyl (C=O) groups is 2. The number of aryl methyl sites for hydroxylation is 1. The van der Waals surface area contributed by atoms with E-state index >= 15 is 0 Å². The van der Waals surface area contributed by atoms with Gasteiger partial charge >= 0.3 is 5.97 Å². The summed E-state index contributed by atoms with van der Waals surface area (Å²) < 4.78 is 0. The topological polar surface area (TPSA) is 95.1 Å². The van der Waals surface area contributed by atoms with Crippen LogP contribution in [0.2, 0.25) is 0 Å². The molecule has 2 rings (SSSR count). The number of H-pyrrole nitrogens is 1. The van der Waals surface area contributed by atoms with E-state index < -0.39 is 12.0 Å². The fraction of sp³-hybridized carbons (Fsp3) is 0.308. The summed E-state index contributed by atoms with van der Waals surface area (Å²) in [6.07, 6.45) is -0.155. The van der Waals surface area contributed by atoms with Gasteiger partial charge in [-0.2, -0.15) is 0 Å². The monoisotopic (exact) mass is 261 g/mol. The third-order valence-electron chi connectivity index (χ3n) is 2.78. The van der Waals surface area contributed by atoms with E-state index in [1.165, 1.54) is 6.92 Å². The number of aliphatic carboxylic acids is 1. The number of carboxylic acid groups (broad SMARTS) is 1. The molecule has 1 atom stereocenters. The van der Waals surface area contributed by atoms with Crippen molar-refractivity contribution in [1.82, 2.24) is 15.3 Å². The van der Waals surface area contributed by atoms with E-state index in [0.717, 1.165) is 22.4 Å². The largest absolute Gasteiger partial charge is 0.481 e. The van der Waals surface area contributed by atoms with Crippen LogP contribution in [0.15, 0.2) is 18.2 Å². The molecule has 0 aliphatic rings. The number of nitrogens with one attached hydrogen (secondary N) is 2. The Kier molecular flexibility index (Phi) is 3.50. The number of rotatable bonds is 4. The second kappa shape index (κ2) is 5.09. The second-order valence-corrected chi connectivity index (χ2v) is 4.45. The maximum atomic E-state index is 11.2. The molecule has 100 valence electrons. The van der Waals surface area contributed by atoms with Crippen LogP contribution in [0.25, 0.3) is 11.0 Å². The van der Waals surface area contributed by atoms with Gasteiger partial charge in [-0.3, -0.25) is 9.59 Å². The molecule has 0 aliphatic heterocycles. The highest BCUT2D eigenvalue weighted by Gasteiger charge is 2.17. The summed E-state index contributed by atoms with van der Waals surface area (Å²) in [7, 11) is 0. The number of fused-ring (bicyclic) bond motifs is 1. The van der Waals surface area contributed by atoms with E-state index in [1.54, 1.807) is 6.07 Å². The average Bonchev–Trinajstić information content (AvgIpc) is 2.65. The zero-order valence-corrected chi connectivity index (χ0v) is 10.7. The van der Waals surface area contributed by atoms with E-state index in [2.05, 4.69) is 15.3 Å². The fourth-order valence-corrected chi connectivity index (χ4v) is 2.04. The molecule has 1 amide bonds. The van der Waals surface area contributed by atoms with Crippen LogP contribution in [-0.4, -0.2) is 27.0 Å². The van der Waals surface area contributed by atoms with E-state index in [4.69, 9.17) is 5.11 Å². The van der Waals surface area contributed by atoms with Gasteiger partial charge in [-0.25, -0.2) is 4.98 Å². The molecule has 0 saturated heterocycles. The Morgan fingerprint density at radius 3 is 2.84 bits per heavy atom. The third kappa shape index (κ3) is 3.09. The maximum absolute atomic E-state index is 11.2. The van der Waals surface area contributed by atoms with E-state index in [9.17, 15) is 9.59 Å².